The van der Waals surface area contributed by atoms with Crippen LogP contribution in [-0.2, 0) is 20.7 Å². The maximum Gasteiger partial charge on any atom is 0.252 e. The molecule has 0 saturated heterocycles. The second kappa shape index (κ2) is 9.23. The summed E-state index contributed by atoms with van der Waals surface area (Å²) in [6, 6.07) is 12.6. The number of anilines is 1. The Hall–Kier alpha value is -3.30. The number of ether oxygens (including phenoxy) is 1. The minimum Gasteiger partial charge on any atom is -0.467 e. The van der Waals surface area contributed by atoms with Crippen LogP contribution in [0.4, 0.5) is 5.13 Å². The molecule has 0 saturated carbocycles. The van der Waals surface area contributed by atoms with E-state index in [2.05, 4.69) is 15.6 Å². The van der Waals surface area contributed by atoms with Crippen molar-refractivity contribution in [3.8, 4) is 0 Å². The smallest absolute Gasteiger partial charge is 0.252 e. The van der Waals surface area contributed by atoms with Gasteiger partial charge in [0.1, 0.15) is 18.4 Å². The van der Waals surface area contributed by atoms with Crippen molar-refractivity contribution in [3.05, 3.63) is 70.6 Å². The number of methoxy groups -OCH3 is 1. The molecular formula is C22H21N3O5S. The standard InChI is InChI=1S/C22H21N3O5S/c1-29-12-18(27)24-22-23-15-10-14(11-16(26)20(15)31-22)21(28)25-19(17-8-5-9-30-17)13-6-3-2-4-7-13/h2-9,14,19H,10-12H2,1H3,(H,25,28)(H,23,24,27). The van der Waals surface area contributed by atoms with E-state index in [4.69, 9.17) is 9.15 Å². The van der Waals surface area contributed by atoms with E-state index in [0.717, 1.165) is 16.9 Å². The Morgan fingerprint density at radius 2 is 2.03 bits per heavy atom. The van der Waals surface area contributed by atoms with Crippen molar-refractivity contribution in [3.63, 3.8) is 0 Å². The number of carbonyl (C=O) groups excluding carboxylic acids is 3. The molecule has 4 rings (SSSR count). The average molecular weight is 439 g/mol. The summed E-state index contributed by atoms with van der Waals surface area (Å²) in [6.07, 6.45) is 1.97. The Morgan fingerprint density at radius 3 is 2.74 bits per heavy atom. The molecular weight excluding hydrogens is 418 g/mol. The predicted octanol–water partition coefficient (Wildman–Crippen LogP) is 2.97. The highest BCUT2D eigenvalue weighted by atomic mass is 32.1. The van der Waals surface area contributed by atoms with E-state index in [-0.39, 0.29) is 30.6 Å². The SMILES string of the molecule is COCC(=O)Nc1nc2c(s1)C(=O)CC(C(=O)NC(c1ccccc1)c1ccco1)C2. The molecule has 2 atom stereocenters. The van der Waals surface area contributed by atoms with Crippen molar-refractivity contribution in [2.24, 2.45) is 5.92 Å². The van der Waals surface area contributed by atoms with Crippen molar-refractivity contribution in [1.29, 1.82) is 0 Å². The van der Waals surface area contributed by atoms with Crippen LogP contribution in [0.25, 0.3) is 0 Å². The van der Waals surface area contributed by atoms with E-state index in [1.807, 2.05) is 30.3 Å². The number of furan rings is 1. The van der Waals surface area contributed by atoms with Crippen molar-refractivity contribution in [2.75, 3.05) is 19.0 Å². The van der Waals surface area contributed by atoms with Gasteiger partial charge < -0.3 is 14.5 Å². The maximum atomic E-state index is 13.1. The molecule has 2 aromatic heterocycles. The molecule has 1 aromatic carbocycles. The molecule has 9 heteroatoms. The minimum absolute atomic E-state index is 0.0894. The number of Topliss-reactive ketones (excluding diaryl/α,β-unsaturated/α-hetero) is 1. The number of carbonyl (C=O) groups is 3. The topological polar surface area (TPSA) is 111 Å². The van der Waals surface area contributed by atoms with Crippen LogP contribution in [-0.4, -0.2) is 36.3 Å². The summed E-state index contributed by atoms with van der Waals surface area (Å²) in [7, 11) is 1.42. The first-order valence-corrected chi connectivity index (χ1v) is 10.6. The van der Waals surface area contributed by atoms with Crippen LogP contribution in [0.15, 0.2) is 53.1 Å². The number of hydrogen-bond acceptors (Lipinski definition) is 7. The molecule has 2 N–H and O–H groups in total. The first-order valence-electron chi connectivity index (χ1n) is 9.75. The maximum absolute atomic E-state index is 13.1. The fourth-order valence-electron chi connectivity index (χ4n) is 3.54. The number of rotatable bonds is 7. The zero-order valence-corrected chi connectivity index (χ0v) is 17.6. The zero-order chi connectivity index (χ0) is 21.8. The van der Waals surface area contributed by atoms with Crippen molar-refractivity contribution < 1.29 is 23.5 Å². The number of benzene rings is 1. The number of ketones is 1. The molecule has 2 heterocycles. The normalized spacial score (nSPS) is 16.4. The minimum atomic E-state index is -0.550. The number of amides is 2. The first kappa shape index (κ1) is 21.0. The molecule has 8 nitrogen and oxygen atoms in total. The van der Waals surface area contributed by atoms with Gasteiger partial charge in [0.15, 0.2) is 10.9 Å². The second-order valence-electron chi connectivity index (χ2n) is 7.17. The number of fused-ring (bicyclic) bond motifs is 1. The van der Waals surface area contributed by atoms with Crippen LogP contribution in [0, 0.1) is 5.92 Å². The van der Waals surface area contributed by atoms with Gasteiger partial charge in [0, 0.05) is 20.0 Å². The zero-order valence-electron chi connectivity index (χ0n) is 16.8. The molecule has 0 bridgehead atoms. The molecule has 1 aliphatic rings. The third kappa shape index (κ3) is 4.73. The molecule has 0 radical (unpaired) electrons. The van der Waals surface area contributed by atoms with E-state index in [9.17, 15) is 14.4 Å². The van der Waals surface area contributed by atoms with Gasteiger partial charge >= 0.3 is 0 Å². The highest BCUT2D eigenvalue weighted by Crippen LogP contribution is 2.33. The summed E-state index contributed by atoms with van der Waals surface area (Å²) >= 11 is 1.13. The van der Waals surface area contributed by atoms with Crippen LogP contribution in [0.1, 0.15) is 39.2 Å². The van der Waals surface area contributed by atoms with E-state index in [0.29, 0.717) is 27.9 Å². The third-order valence-corrected chi connectivity index (χ3v) is 6.02. The third-order valence-electron chi connectivity index (χ3n) is 4.96. The van der Waals surface area contributed by atoms with E-state index >= 15 is 0 Å². The van der Waals surface area contributed by atoms with Gasteiger partial charge in [-0.3, -0.25) is 19.7 Å². The quantitative estimate of drug-likeness (QED) is 0.586. The van der Waals surface area contributed by atoms with E-state index in [1.54, 1.807) is 18.4 Å². The van der Waals surface area contributed by atoms with Crippen molar-refractivity contribution in [2.45, 2.75) is 18.9 Å². The lowest BCUT2D eigenvalue weighted by molar-refractivity contribution is -0.125. The van der Waals surface area contributed by atoms with Gasteiger partial charge in [0.2, 0.25) is 5.91 Å². The van der Waals surface area contributed by atoms with Crippen molar-refractivity contribution in [1.82, 2.24) is 10.3 Å². The summed E-state index contributed by atoms with van der Waals surface area (Å²) in [6.45, 7) is -0.100. The Balaban J connectivity index is 1.50. The summed E-state index contributed by atoms with van der Waals surface area (Å²) < 4.78 is 10.3. The Morgan fingerprint density at radius 1 is 1.23 bits per heavy atom. The number of nitrogens with one attached hydrogen (secondary N) is 2. The fraction of sp³-hybridized carbons (Fsp3) is 0.273. The molecule has 0 spiro atoms. The van der Waals surface area contributed by atoms with Crippen molar-refractivity contribution >= 4 is 34.1 Å². The molecule has 31 heavy (non-hydrogen) atoms. The second-order valence-corrected chi connectivity index (χ2v) is 8.17. The molecule has 160 valence electrons. The van der Waals surface area contributed by atoms with E-state index in [1.165, 1.54) is 7.11 Å². The van der Waals surface area contributed by atoms with Crippen LogP contribution in [0.5, 0.6) is 0 Å². The van der Waals surface area contributed by atoms with Crippen LogP contribution >= 0.6 is 11.3 Å². The number of nitrogens with zero attached hydrogens (tertiary/aromatic N) is 1. The Kier molecular flexibility index (Phi) is 6.24. The van der Waals surface area contributed by atoms with Gasteiger partial charge in [0.25, 0.3) is 5.91 Å². The molecule has 0 aliphatic heterocycles. The largest absolute Gasteiger partial charge is 0.467 e. The molecule has 1 aliphatic carbocycles. The van der Waals surface area contributed by atoms with Gasteiger partial charge in [-0.15, -0.1) is 0 Å². The fourth-order valence-corrected chi connectivity index (χ4v) is 4.49. The van der Waals surface area contributed by atoms with Gasteiger partial charge in [0.05, 0.1) is 22.8 Å². The summed E-state index contributed by atoms with van der Waals surface area (Å²) in [4.78, 5) is 42.3. The summed E-state index contributed by atoms with van der Waals surface area (Å²) in [5.74, 6) is -0.688. The Labute approximate surface area is 182 Å². The predicted molar refractivity (Wildman–Crippen MR) is 114 cm³/mol. The monoisotopic (exact) mass is 439 g/mol. The van der Waals surface area contributed by atoms with E-state index < -0.39 is 12.0 Å². The lowest BCUT2D eigenvalue weighted by atomic mass is 9.89. The molecule has 2 unspecified atom stereocenters. The average Bonchev–Trinajstić information content (AvgIpc) is 3.42. The van der Waals surface area contributed by atoms with Gasteiger partial charge in [-0.05, 0) is 17.7 Å². The first-order chi connectivity index (χ1) is 15.0. The van der Waals surface area contributed by atoms with Gasteiger partial charge in [-0.25, -0.2) is 4.98 Å². The number of thiazole rings is 1. The van der Waals surface area contributed by atoms with Gasteiger partial charge in [-0.2, -0.15) is 0 Å². The summed E-state index contributed by atoms with van der Waals surface area (Å²) in [5, 5.41) is 5.96. The summed E-state index contributed by atoms with van der Waals surface area (Å²) in [5.41, 5.74) is 1.41. The molecule has 2 amide bonds. The van der Waals surface area contributed by atoms with Crippen LogP contribution < -0.4 is 10.6 Å². The molecule has 3 aromatic rings. The highest BCUT2D eigenvalue weighted by molar-refractivity contribution is 7.17. The lowest BCUT2D eigenvalue weighted by Crippen LogP contribution is -2.38. The Bertz CT molecular complexity index is 1080. The number of aromatic nitrogens is 1. The van der Waals surface area contributed by atoms with Crippen LogP contribution in [0.3, 0.4) is 0 Å². The number of hydrogen-bond donors (Lipinski definition) is 2. The van der Waals surface area contributed by atoms with Crippen LogP contribution in [0.2, 0.25) is 0 Å². The van der Waals surface area contributed by atoms with Gasteiger partial charge in [-0.1, -0.05) is 41.7 Å². The lowest BCUT2D eigenvalue weighted by Gasteiger charge is -2.23. The highest BCUT2D eigenvalue weighted by Gasteiger charge is 2.34. The molecule has 0 fully saturated rings.